The summed E-state index contributed by atoms with van der Waals surface area (Å²) in [5.41, 5.74) is 1.07. The van der Waals surface area contributed by atoms with Crippen molar-refractivity contribution in [1.82, 2.24) is 0 Å². The molecule has 1 aromatic rings. The average molecular weight is 291 g/mol. The van der Waals surface area contributed by atoms with Gasteiger partial charge in [-0.25, -0.2) is 0 Å². The highest BCUT2D eigenvalue weighted by atomic mass is 79.9. The molecule has 0 bridgehead atoms. The second-order valence-corrected chi connectivity index (χ2v) is 5.08. The molecular weight excluding hydrogens is 273 g/mol. The van der Waals surface area contributed by atoms with E-state index in [4.69, 9.17) is 11.6 Å². The van der Waals surface area contributed by atoms with Crippen molar-refractivity contribution >= 4 is 33.2 Å². The van der Waals surface area contributed by atoms with Crippen molar-refractivity contribution < 1.29 is 0 Å². The first kappa shape index (κ1) is 12.9. The van der Waals surface area contributed by atoms with Crippen LogP contribution in [0, 0.1) is 5.92 Å². The number of halogens is 2. The molecule has 84 valence electrons. The largest absolute Gasteiger partial charge is 0.384 e. The van der Waals surface area contributed by atoms with Gasteiger partial charge in [-0.2, -0.15) is 0 Å². The number of benzene rings is 1. The summed E-state index contributed by atoms with van der Waals surface area (Å²) in [6.45, 7) is 5.47. The van der Waals surface area contributed by atoms with Crippen LogP contribution in [0.5, 0.6) is 0 Å². The molecule has 0 saturated carbocycles. The third-order valence-electron chi connectivity index (χ3n) is 2.37. The van der Waals surface area contributed by atoms with Crippen molar-refractivity contribution in [2.45, 2.75) is 26.7 Å². The predicted octanol–water partition coefficient (Wildman–Crippen LogP) is 4.95. The molecule has 15 heavy (non-hydrogen) atoms. The molecule has 0 fully saturated rings. The summed E-state index contributed by atoms with van der Waals surface area (Å²) in [6.07, 6.45) is 2.49. The van der Waals surface area contributed by atoms with Gasteiger partial charge in [0.05, 0.1) is 9.50 Å². The molecule has 1 atom stereocenters. The summed E-state index contributed by atoms with van der Waals surface area (Å²) in [4.78, 5) is 0. The van der Waals surface area contributed by atoms with E-state index in [1.165, 1.54) is 12.8 Å². The van der Waals surface area contributed by atoms with E-state index < -0.39 is 0 Å². The minimum absolute atomic E-state index is 0.695. The maximum Gasteiger partial charge on any atom is 0.0593 e. The lowest BCUT2D eigenvalue weighted by atomic mass is 10.1. The number of anilines is 1. The normalized spacial score (nSPS) is 12.5. The smallest absolute Gasteiger partial charge is 0.0593 e. The maximum absolute atomic E-state index is 6.00. The van der Waals surface area contributed by atoms with Gasteiger partial charge in [0.1, 0.15) is 0 Å². The van der Waals surface area contributed by atoms with Crippen LogP contribution >= 0.6 is 27.5 Å². The van der Waals surface area contributed by atoms with Gasteiger partial charge in [0.25, 0.3) is 0 Å². The van der Waals surface area contributed by atoms with E-state index in [9.17, 15) is 0 Å². The van der Waals surface area contributed by atoms with Crippen LogP contribution in [0.4, 0.5) is 5.69 Å². The van der Waals surface area contributed by atoms with Crippen LogP contribution in [0.15, 0.2) is 22.7 Å². The number of hydrogen-bond acceptors (Lipinski definition) is 1. The summed E-state index contributed by atoms with van der Waals surface area (Å²) >= 11 is 9.48. The topological polar surface area (TPSA) is 12.0 Å². The lowest BCUT2D eigenvalue weighted by Gasteiger charge is -2.14. The Morgan fingerprint density at radius 2 is 2.20 bits per heavy atom. The van der Waals surface area contributed by atoms with Crippen molar-refractivity contribution in [3.63, 3.8) is 0 Å². The van der Waals surface area contributed by atoms with Gasteiger partial charge in [0.2, 0.25) is 0 Å². The van der Waals surface area contributed by atoms with Crippen LogP contribution in [-0.2, 0) is 0 Å². The Labute approximate surface area is 105 Å². The molecule has 0 aliphatic carbocycles. The van der Waals surface area contributed by atoms with E-state index >= 15 is 0 Å². The molecule has 0 saturated heterocycles. The Hall–Kier alpha value is -0.210. The Morgan fingerprint density at radius 1 is 1.47 bits per heavy atom. The highest BCUT2D eigenvalue weighted by Gasteiger charge is 2.05. The van der Waals surface area contributed by atoms with Crippen LogP contribution in [0.25, 0.3) is 0 Å². The van der Waals surface area contributed by atoms with Crippen molar-refractivity contribution in [3.05, 3.63) is 27.7 Å². The molecule has 0 heterocycles. The Balaban J connectivity index is 2.54. The van der Waals surface area contributed by atoms with E-state index in [-0.39, 0.29) is 0 Å². The van der Waals surface area contributed by atoms with Crippen molar-refractivity contribution in [1.29, 1.82) is 0 Å². The molecule has 0 aliphatic heterocycles. The summed E-state index contributed by atoms with van der Waals surface area (Å²) in [5, 5.41) is 4.16. The predicted molar refractivity (Wildman–Crippen MR) is 71.7 cm³/mol. The monoisotopic (exact) mass is 289 g/mol. The highest BCUT2D eigenvalue weighted by molar-refractivity contribution is 9.10. The first-order valence-electron chi connectivity index (χ1n) is 5.33. The third-order valence-corrected chi connectivity index (χ3v) is 3.77. The van der Waals surface area contributed by atoms with Gasteiger partial charge in [0.15, 0.2) is 0 Å². The fourth-order valence-electron chi connectivity index (χ4n) is 1.52. The molecule has 1 nitrogen and oxygen atoms in total. The van der Waals surface area contributed by atoms with Gasteiger partial charge < -0.3 is 5.32 Å². The van der Waals surface area contributed by atoms with Gasteiger partial charge in [-0.05, 0) is 40.4 Å². The van der Waals surface area contributed by atoms with Gasteiger partial charge in [-0.15, -0.1) is 0 Å². The van der Waals surface area contributed by atoms with Gasteiger partial charge in [-0.1, -0.05) is 37.9 Å². The van der Waals surface area contributed by atoms with Crippen molar-refractivity contribution in [2.24, 2.45) is 5.92 Å². The van der Waals surface area contributed by atoms with E-state index in [1.54, 1.807) is 0 Å². The average Bonchev–Trinajstić information content (AvgIpc) is 2.21. The first-order chi connectivity index (χ1) is 7.15. The van der Waals surface area contributed by atoms with Crippen molar-refractivity contribution in [2.75, 3.05) is 11.9 Å². The minimum Gasteiger partial charge on any atom is -0.384 e. The summed E-state index contributed by atoms with van der Waals surface area (Å²) in [7, 11) is 0. The zero-order valence-electron chi connectivity index (χ0n) is 9.19. The van der Waals surface area contributed by atoms with Crippen LogP contribution in [0.2, 0.25) is 5.02 Å². The highest BCUT2D eigenvalue weighted by Crippen LogP contribution is 2.30. The summed E-state index contributed by atoms with van der Waals surface area (Å²) in [5.74, 6) is 0.695. The fourth-order valence-corrected chi connectivity index (χ4v) is 2.10. The van der Waals surface area contributed by atoms with Gasteiger partial charge in [-0.3, -0.25) is 0 Å². The third kappa shape index (κ3) is 4.04. The van der Waals surface area contributed by atoms with E-state index in [2.05, 4.69) is 35.1 Å². The van der Waals surface area contributed by atoms with Crippen LogP contribution in [-0.4, -0.2) is 6.54 Å². The first-order valence-corrected chi connectivity index (χ1v) is 6.50. The van der Waals surface area contributed by atoms with Crippen LogP contribution in [0.3, 0.4) is 0 Å². The summed E-state index contributed by atoms with van der Waals surface area (Å²) < 4.78 is 0.954. The zero-order chi connectivity index (χ0) is 11.3. The second kappa shape index (κ2) is 6.39. The molecular formula is C12H17BrClN. The lowest BCUT2D eigenvalue weighted by molar-refractivity contribution is 0.550. The number of nitrogens with one attached hydrogen (secondary N) is 1. The van der Waals surface area contributed by atoms with Crippen LogP contribution < -0.4 is 5.32 Å². The Morgan fingerprint density at radius 3 is 2.87 bits per heavy atom. The second-order valence-electron chi connectivity index (χ2n) is 3.88. The molecule has 0 spiro atoms. The summed E-state index contributed by atoms with van der Waals surface area (Å²) in [6, 6.07) is 5.88. The van der Waals surface area contributed by atoms with E-state index in [0.29, 0.717) is 5.92 Å². The fraction of sp³-hybridized carbons (Fsp3) is 0.500. The SMILES string of the molecule is CCCC(C)CNc1cccc(Cl)c1Br. The molecule has 0 aliphatic rings. The Bertz CT molecular complexity index is 314. The van der Waals surface area contributed by atoms with Crippen molar-refractivity contribution in [3.8, 4) is 0 Å². The van der Waals surface area contributed by atoms with Gasteiger partial charge >= 0.3 is 0 Å². The molecule has 1 unspecified atom stereocenters. The van der Waals surface area contributed by atoms with E-state index in [0.717, 1.165) is 21.7 Å². The maximum atomic E-state index is 6.00. The Kier molecular flexibility index (Phi) is 5.48. The van der Waals surface area contributed by atoms with E-state index in [1.807, 2.05) is 18.2 Å². The quantitative estimate of drug-likeness (QED) is 0.809. The van der Waals surface area contributed by atoms with Gasteiger partial charge in [0, 0.05) is 12.2 Å². The minimum atomic E-state index is 0.695. The molecule has 0 aromatic heterocycles. The van der Waals surface area contributed by atoms with Crippen LogP contribution in [0.1, 0.15) is 26.7 Å². The zero-order valence-corrected chi connectivity index (χ0v) is 11.5. The molecule has 0 radical (unpaired) electrons. The number of rotatable bonds is 5. The molecule has 0 amide bonds. The molecule has 1 rings (SSSR count). The number of hydrogen-bond donors (Lipinski definition) is 1. The molecule has 1 N–H and O–H groups in total. The standard InChI is InChI=1S/C12H17BrClN/c1-3-5-9(2)8-15-11-7-4-6-10(14)12(11)13/h4,6-7,9,15H,3,5,8H2,1-2H3. The lowest BCUT2D eigenvalue weighted by Crippen LogP contribution is -2.11. The molecule has 3 heteroatoms. The molecule has 1 aromatic carbocycles.